The predicted octanol–water partition coefficient (Wildman–Crippen LogP) is 37.1. The van der Waals surface area contributed by atoms with Crippen LogP contribution in [0.25, 0.3) is 194 Å². The molecule has 2 aliphatic heterocycles. The Morgan fingerprint density at radius 1 is 0.209 bits per heavy atom. The summed E-state index contributed by atoms with van der Waals surface area (Å²) in [6.45, 7) is 9.47. The topological polar surface area (TPSA) is 37.7 Å². The Kier molecular flexibility index (Phi) is 19.6. The van der Waals surface area contributed by atoms with E-state index in [1.54, 1.807) is 0 Å². The van der Waals surface area contributed by atoms with Gasteiger partial charge in [0.2, 0.25) is 0 Å². The van der Waals surface area contributed by atoms with Gasteiger partial charge in [0.1, 0.15) is 22.5 Å². The summed E-state index contributed by atoms with van der Waals surface area (Å²) in [6.07, 6.45) is 2.21. The van der Waals surface area contributed by atoms with E-state index < -0.39 is 0 Å². The first-order valence-corrected chi connectivity index (χ1v) is 48.2. The second-order valence-electron chi connectivity index (χ2n) is 38.1. The SMILES string of the molecule is CC1(C)C2=C(c3ccccc3N(c3cccc(-c4cc5ccccc5c5ccccc45)c3)c3ccccc32)c2ccccc21.CC1(C)c2ccccc2-c2oc3ccc(-c4ccc5ccccc5c4)cc3c2-c2ccc(-c3cccc(-c4cccc5c4oc4ccccc45)c3)cc21.c1ccc(-c2cc(-c3ccccc3)cc(N3c4ccccc4-c4ccccc4-c4c3ccn4-c3ccccc3)c2)cc1. The molecule has 0 saturated heterocycles. The second-order valence-corrected chi connectivity index (χ2v) is 38.1. The Bertz CT molecular complexity index is 9030. The van der Waals surface area contributed by atoms with E-state index in [-0.39, 0.29) is 10.8 Å². The average molecular weight is 1780 g/mol. The summed E-state index contributed by atoms with van der Waals surface area (Å²) in [6, 6.07) is 176. The predicted molar refractivity (Wildman–Crippen MR) is 583 cm³/mol. The molecule has 0 spiro atoms. The van der Waals surface area contributed by atoms with E-state index in [1.165, 1.54) is 177 Å². The maximum atomic E-state index is 6.84. The van der Waals surface area contributed by atoms with E-state index in [4.69, 9.17) is 8.83 Å². The van der Waals surface area contributed by atoms with Crippen molar-refractivity contribution in [3.63, 3.8) is 0 Å². The molecule has 139 heavy (non-hydrogen) atoms. The van der Waals surface area contributed by atoms with Crippen LogP contribution in [0, 0.1) is 0 Å². The third-order valence-electron chi connectivity index (χ3n) is 29.4. The largest absolute Gasteiger partial charge is 0.455 e. The van der Waals surface area contributed by atoms with Crippen LogP contribution in [0.5, 0.6) is 0 Å². The summed E-state index contributed by atoms with van der Waals surface area (Å²) in [5, 5.41) is 11.0. The lowest BCUT2D eigenvalue weighted by atomic mass is 9.74. The molecule has 5 nitrogen and oxygen atoms in total. The van der Waals surface area contributed by atoms with Crippen LogP contribution in [-0.4, -0.2) is 4.57 Å². The minimum atomic E-state index is -0.288. The van der Waals surface area contributed by atoms with Gasteiger partial charge in [0.25, 0.3) is 0 Å². The van der Waals surface area contributed by atoms with Crippen LogP contribution in [-0.2, 0) is 10.8 Å². The zero-order valence-electron chi connectivity index (χ0n) is 77.4. The van der Waals surface area contributed by atoms with Gasteiger partial charge in [-0.15, -0.1) is 0 Å². The van der Waals surface area contributed by atoms with Crippen LogP contribution in [0.3, 0.4) is 0 Å². The van der Waals surface area contributed by atoms with Crippen molar-refractivity contribution in [3.05, 3.63) is 525 Å². The molecule has 0 atom stereocenters. The number of allylic oxidation sites excluding steroid dienone is 1. The van der Waals surface area contributed by atoms with Gasteiger partial charge in [-0.1, -0.05) is 404 Å². The summed E-state index contributed by atoms with van der Waals surface area (Å²) in [5.74, 6) is 0.937. The molecule has 0 N–H and O–H groups in total. The lowest BCUT2D eigenvalue weighted by Gasteiger charge is -2.31. The van der Waals surface area contributed by atoms with Gasteiger partial charge in [0.15, 0.2) is 0 Å². The van der Waals surface area contributed by atoms with E-state index in [0.29, 0.717) is 0 Å². The Labute approximate surface area is 808 Å². The molecular weight excluding hydrogens is 1680 g/mol. The smallest absolute Gasteiger partial charge is 0.143 e. The lowest BCUT2D eigenvalue weighted by molar-refractivity contribution is 0.621. The summed E-state index contributed by atoms with van der Waals surface area (Å²) in [7, 11) is 0. The van der Waals surface area contributed by atoms with Crippen LogP contribution in [0.2, 0.25) is 0 Å². The van der Waals surface area contributed by atoms with Gasteiger partial charge >= 0.3 is 0 Å². The molecule has 21 aromatic carbocycles. The molecule has 3 aromatic heterocycles. The summed E-state index contributed by atoms with van der Waals surface area (Å²) >= 11 is 0. The molecule has 0 saturated carbocycles. The van der Waals surface area contributed by atoms with Crippen LogP contribution in [0.1, 0.15) is 61.1 Å². The van der Waals surface area contributed by atoms with Gasteiger partial charge in [-0.2, -0.15) is 0 Å². The number of rotatable bonds is 9. The van der Waals surface area contributed by atoms with Crippen molar-refractivity contribution in [2.45, 2.75) is 38.5 Å². The molecule has 2 aliphatic carbocycles. The highest BCUT2D eigenvalue weighted by Gasteiger charge is 2.44. The van der Waals surface area contributed by atoms with Gasteiger partial charge in [0, 0.05) is 89.2 Å². The fourth-order valence-electron chi connectivity index (χ4n) is 22.9. The van der Waals surface area contributed by atoms with Gasteiger partial charge in [-0.3, -0.25) is 0 Å². The molecule has 0 fully saturated rings. The van der Waals surface area contributed by atoms with Crippen molar-refractivity contribution >= 4 is 110 Å². The molecule has 24 aromatic rings. The molecule has 0 radical (unpaired) electrons. The fourth-order valence-corrected chi connectivity index (χ4v) is 22.9. The van der Waals surface area contributed by atoms with E-state index >= 15 is 0 Å². The van der Waals surface area contributed by atoms with E-state index in [1.807, 2.05) is 12.1 Å². The zero-order chi connectivity index (χ0) is 92.6. The molecular formula is C134H93N3O2. The lowest BCUT2D eigenvalue weighted by Crippen LogP contribution is -2.20. The van der Waals surface area contributed by atoms with Gasteiger partial charge < -0.3 is 23.2 Å². The maximum absolute atomic E-state index is 6.84. The maximum Gasteiger partial charge on any atom is 0.143 e. The Balaban J connectivity index is 0.000000108. The van der Waals surface area contributed by atoms with Crippen LogP contribution >= 0.6 is 0 Å². The number of hydrogen-bond acceptors (Lipinski definition) is 4. The fraction of sp³-hybridized carbons (Fsp3) is 0.0448. The van der Waals surface area contributed by atoms with Crippen molar-refractivity contribution in [3.8, 4) is 117 Å². The van der Waals surface area contributed by atoms with Crippen LogP contribution in [0.15, 0.2) is 500 Å². The molecule has 656 valence electrons. The Morgan fingerprint density at radius 3 is 1.43 bits per heavy atom. The highest BCUT2D eigenvalue weighted by molar-refractivity contribution is 6.17. The molecule has 5 heterocycles. The number of hydrogen-bond donors (Lipinski definition) is 0. The number of anilines is 6. The molecule has 5 heteroatoms. The highest BCUT2D eigenvalue weighted by Crippen LogP contribution is 2.61. The normalized spacial score (nSPS) is 13.2. The van der Waals surface area contributed by atoms with E-state index in [2.05, 4.69) is 521 Å². The standard InChI is InChI=1S/C51H34O2.C43H31N.C40H28N2/c1-51(2)44-19-7-5-16-42(44)50-48(43-29-35(24-26-47(43)53-50)34-22-21-31-11-3-4-12-32(31)27-34)41-25-23-36(30-45(41)51)33-13-9-14-37(28-33)38-17-10-18-40-39-15-6-8-20-46(39)52-49(38)40;1-43(2)38-23-10-7-20-34(38)41-35-21-8-11-24-39(35)44(40-25-12-9-22-36(40)42(41)43)30-16-13-15-28(26-30)37-27-29-14-3-4-17-31(29)32-18-5-6-19-33(32)37;1-4-14-29(15-5-1)31-26-32(30-16-6-2-7-17-30)28-34(27-31)42-38-23-13-12-21-36(38)35-20-10-11-22-37(35)40-39(42)24-25-41(40)33-18-8-3-9-19-33/h3-30H,1-2H3;3-27H,1-2H3;1-28H. The third-order valence-corrected chi connectivity index (χ3v) is 29.4. The van der Waals surface area contributed by atoms with Crippen molar-refractivity contribution in [1.29, 1.82) is 0 Å². The average Bonchev–Trinajstić information content (AvgIpc) is 1.55. The summed E-state index contributed by atoms with van der Waals surface area (Å²) in [4.78, 5) is 4.93. The highest BCUT2D eigenvalue weighted by atomic mass is 16.3. The molecule has 0 bridgehead atoms. The molecule has 4 aliphatic rings. The number of furan rings is 2. The van der Waals surface area contributed by atoms with Gasteiger partial charge in [-0.05, 0) is 247 Å². The molecule has 0 amide bonds. The van der Waals surface area contributed by atoms with E-state index in [9.17, 15) is 0 Å². The number of para-hydroxylation sites is 6. The van der Waals surface area contributed by atoms with Gasteiger partial charge in [0.05, 0.1) is 28.4 Å². The first kappa shape index (κ1) is 82.1. The minimum absolute atomic E-state index is 0.128. The molecule has 28 rings (SSSR count). The quantitative estimate of drug-likeness (QED) is 0.135. The molecule has 0 unspecified atom stereocenters. The van der Waals surface area contributed by atoms with Crippen molar-refractivity contribution in [2.75, 3.05) is 9.80 Å². The summed E-state index contributed by atoms with van der Waals surface area (Å²) < 4.78 is 15.6. The van der Waals surface area contributed by atoms with E-state index in [0.717, 1.165) is 83.7 Å². The van der Waals surface area contributed by atoms with Crippen molar-refractivity contribution < 1.29 is 8.83 Å². The van der Waals surface area contributed by atoms with Crippen LogP contribution in [0.4, 0.5) is 34.1 Å². The minimum Gasteiger partial charge on any atom is -0.455 e. The third kappa shape index (κ3) is 13.7. The van der Waals surface area contributed by atoms with Crippen molar-refractivity contribution in [1.82, 2.24) is 4.57 Å². The Hall–Kier alpha value is -17.6. The monoisotopic (exact) mass is 1780 g/mol. The zero-order valence-corrected chi connectivity index (χ0v) is 77.4. The first-order valence-electron chi connectivity index (χ1n) is 48.2. The number of fused-ring (bicyclic) bond motifs is 25. The van der Waals surface area contributed by atoms with Gasteiger partial charge in [-0.25, -0.2) is 0 Å². The number of aromatic nitrogens is 1. The number of benzene rings is 21. The Morgan fingerprint density at radius 2 is 0.683 bits per heavy atom. The second kappa shape index (κ2) is 33.2. The van der Waals surface area contributed by atoms with Crippen LogP contribution < -0.4 is 9.80 Å². The first-order chi connectivity index (χ1) is 68.5. The summed E-state index contributed by atoms with van der Waals surface area (Å²) in [5.41, 5.74) is 43.7. The van der Waals surface area contributed by atoms with Crippen molar-refractivity contribution in [2.24, 2.45) is 0 Å². The number of nitrogens with zero attached hydrogens (tertiary/aromatic N) is 3.